The molecule has 0 radical (unpaired) electrons. The Kier molecular flexibility index (Phi) is 4.74. The van der Waals surface area contributed by atoms with E-state index in [0.29, 0.717) is 42.8 Å². The molecule has 0 unspecified atom stereocenters. The Bertz CT molecular complexity index is 513. The van der Waals surface area contributed by atoms with Gasteiger partial charge in [0.25, 0.3) is 5.89 Å². The molecule has 0 amide bonds. The highest BCUT2D eigenvalue weighted by atomic mass is 16.5. The molecule has 6 heteroatoms. The summed E-state index contributed by atoms with van der Waals surface area (Å²) in [6.07, 6.45) is 0.635. The van der Waals surface area contributed by atoms with Crippen molar-refractivity contribution in [2.45, 2.75) is 20.0 Å². The van der Waals surface area contributed by atoms with E-state index in [0.717, 1.165) is 0 Å². The molecule has 0 bridgehead atoms. The predicted octanol–water partition coefficient (Wildman–Crippen LogP) is 1.81. The summed E-state index contributed by atoms with van der Waals surface area (Å²) < 4.78 is 15.8. The Labute approximate surface area is 111 Å². The van der Waals surface area contributed by atoms with Crippen molar-refractivity contribution in [3.8, 4) is 5.75 Å². The standard InChI is InChI=1S/C13H17N3O3/c1-2-17-7-6-12-15-13(19-16-12)9-18-11-5-3-4-10(14)8-11/h3-5,8H,2,6-7,9,14H2,1H3. The van der Waals surface area contributed by atoms with E-state index in [-0.39, 0.29) is 6.61 Å². The number of aromatic nitrogens is 2. The maximum atomic E-state index is 5.65. The number of nitrogen functional groups attached to an aromatic ring is 1. The van der Waals surface area contributed by atoms with Crippen molar-refractivity contribution >= 4 is 5.69 Å². The van der Waals surface area contributed by atoms with E-state index >= 15 is 0 Å². The van der Waals surface area contributed by atoms with Gasteiger partial charge in [-0.1, -0.05) is 11.2 Å². The lowest BCUT2D eigenvalue weighted by Crippen LogP contribution is -2.00. The van der Waals surface area contributed by atoms with Crippen LogP contribution in [-0.2, 0) is 17.8 Å². The van der Waals surface area contributed by atoms with Gasteiger partial charge in [-0.25, -0.2) is 0 Å². The number of benzene rings is 1. The molecule has 2 aromatic rings. The van der Waals surface area contributed by atoms with Gasteiger partial charge in [-0.05, 0) is 19.1 Å². The predicted molar refractivity (Wildman–Crippen MR) is 69.7 cm³/mol. The van der Waals surface area contributed by atoms with Crippen LogP contribution in [0.1, 0.15) is 18.6 Å². The minimum absolute atomic E-state index is 0.227. The maximum Gasteiger partial charge on any atom is 0.264 e. The molecule has 0 fully saturated rings. The van der Waals surface area contributed by atoms with E-state index < -0.39 is 0 Å². The number of rotatable bonds is 7. The molecule has 1 heterocycles. The number of ether oxygens (including phenoxy) is 2. The third-order valence-corrected chi connectivity index (χ3v) is 2.40. The molecular weight excluding hydrogens is 246 g/mol. The van der Waals surface area contributed by atoms with Crippen molar-refractivity contribution in [1.29, 1.82) is 0 Å². The van der Waals surface area contributed by atoms with Crippen molar-refractivity contribution in [3.05, 3.63) is 36.0 Å². The first-order chi connectivity index (χ1) is 9.28. The summed E-state index contributed by atoms with van der Waals surface area (Å²) in [6.45, 7) is 3.45. The van der Waals surface area contributed by atoms with E-state index in [1.807, 2.05) is 19.1 Å². The van der Waals surface area contributed by atoms with Crippen LogP contribution in [0, 0.1) is 0 Å². The van der Waals surface area contributed by atoms with Crippen molar-refractivity contribution in [2.75, 3.05) is 18.9 Å². The lowest BCUT2D eigenvalue weighted by Gasteiger charge is -2.03. The van der Waals surface area contributed by atoms with Gasteiger partial charge < -0.3 is 19.7 Å². The van der Waals surface area contributed by atoms with E-state index in [1.165, 1.54) is 0 Å². The normalized spacial score (nSPS) is 10.6. The molecule has 19 heavy (non-hydrogen) atoms. The summed E-state index contributed by atoms with van der Waals surface area (Å²) in [7, 11) is 0. The van der Waals surface area contributed by atoms with Crippen molar-refractivity contribution in [1.82, 2.24) is 10.1 Å². The fourth-order valence-corrected chi connectivity index (χ4v) is 1.51. The highest BCUT2D eigenvalue weighted by Crippen LogP contribution is 2.15. The van der Waals surface area contributed by atoms with Gasteiger partial charge in [0, 0.05) is 24.8 Å². The van der Waals surface area contributed by atoms with Gasteiger partial charge in [0.1, 0.15) is 5.75 Å². The van der Waals surface area contributed by atoms with Gasteiger partial charge >= 0.3 is 0 Å². The highest BCUT2D eigenvalue weighted by molar-refractivity contribution is 5.43. The average molecular weight is 263 g/mol. The SMILES string of the molecule is CCOCCc1noc(COc2cccc(N)c2)n1. The first-order valence-electron chi connectivity index (χ1n) is 6.15. The van der Waals surface area contributed by atoms with Gasteiger partial charge in [0.15, 0.2) is 12.4 Å². The molecule has 1 aromatic heterocycles. The second-order valence-corrected chi connectivity index (χ2v) is 3.91. The zero-order valence-corrected chi connectivity index (χ0v) is 10.8. The molecular formula is C13H17N3O3. The monoisotopic (exact) mass is 263 g/mol. The molecule has 1 aromatic carbocycles. The minimum Gasteiger partial charge on any atom is -0.484 e. The molecule has 0 aliphatic carbocycles. The second-order valence-electron chi connectivity index (χ2n) is 3.91. The van der Waals surface area contributed by atoms with Crippen LogP contribution in [0.4, 0.5) is 5.69 Å². The van der Waals surface area contributed by atoms with Crippen molar-refractivity contribution in [3.63, 3.8) is 0 Å². The number of nitrogens with two attached hydrogens (primary N) is 1. The summed E-state index contributed by atoms with van der Waals surface area (Å²) in [5.74, 6) is 1.74. The molecule has 0 saturated carbocycles. The molecule has 2 rings (SSSR count). The quantitative estimate of drug-likeness (QED) is 0.606. The van der Waals surface area contributed by atoms with E-state index in [9.17, 15) is 0 Å². The van der Waals surface area contributed by atoms with Crippen LogP contribution >= 0.6 is 0 Å². The summed E-state index contributed by atoms with van der Waals surface area (Å²) in [6, 6.07) is 7.19. The van der Waals surface area contributed by atoms with Crippen LogP contribution in [0.15, 0.2) is 28.8 Å². The topological polar surface area (TPSA) is 83.4 Å². The zero-order chi connectivity index (χ0) is 13.5. The number of anilines is 1. The highest BCUT2D eigenvalue weighted by Gasteiger charge is 2.07. The molecule has 0 atom stereocenters. The number of hydrogen-bond acceptors (Lipinski definition) is 6. The summed E-state index contributed by atoms with van der Waals surface area (Å²) in [5, 5.41) is 3.85. The van der Waals surface area contributed by atoms with E-state index in [1.54, 1.807) is 12.1 Å². The van der Waals surface area contributed by atoms with Crippen molar-refractivity contribution < 1.29 is 14.0 Å². The van der Waals surface area contributed by atoms with E-state index in [2.05, 4.69) is 10.1 Å². The molecule has 2 N–H and O–H groups in total. The first-order valence-corrected chi connectivity index (χ1v) is 6.15. The van der Waals surface area contributed by atoms with Crippen LogP contribution in [0.3, 0.4) is 0 Å². The Morgan fingerprint density at radius 1 is 1.37 bits per heavy atom. The van der Waals surface area contributed by atoms with Gasteiger partial charge in [-0.15, -0.1) is 0 Å². The molecule has 102 valence electrons. The van der Waals surface area contributed by atoms with Crippen molar-refractivity contribution in [2.24, 2.45) is 0 Å². The van der Waals surface area contributed by atoms with Gasteiger partial charge in [-0.3, -0.25) is 0 Å². The third kappa shape index (κ3) is 4.26. The molecule has 0 saturated heterocycles. The van der Waals surface area contributed by atoms with Crippen LogP contribution in [0.5, 0.6) is 5.75 Å². The maximum absolute atomic E-state index is 5.65. The van der Waals surface area contributed by atoms with Gasteiger partial charge in [-0.2, -0.15) is 4.98 Å². The van der Waals surface area contributed by atoms with Crippen LogP contribution in [-0.4, -0.2) is 23.4 Å². The fourth-order valence-electron chi connectivity index (χ4n) is 1.51. The Hall–Kier alpha value is -2.08. The molecule has 0 aliphatic heterocycles. The molecule has 0 aliphatic rings. The Morgan fingerprint density at radius 3 is 3.05 bits per heavy atom. The third-order valence-electron chi connectivity index (χ3n) is 2.40. The lowest BCUT2D eigenvalue weighted by molar-refractivity contribution is 0.149. The van der Waals surface area contributed by atoms with Crippen LogP contribution in [0.25, 0.3) is 0 Å². The van der Waals surface area contributed by atoms with Crippen LogP contribution < -0.4 is 10.5 Å². The number of hydrogen-bond donors (Lipinski definition) is 1. The van der Waals surface area contributed by atoms with Crippen LogP contribution in [0.2, 0.25) is 0 Å². The van der Waals surface area contributed by atoms with E-state index in [4.69, 9.17) is 19.7 Å². The minimum atomic E-state index is 0.227. The summed E-state index contributed by atoms with van der Waals surface area (Å²) in [5.41, 5.74) is 6.31. The Morgan fingerprint density at radius 2 is 2.26 bits per heavy atom. The van der Waals surface area contributed by atoms with Gasteiger partial charge in [0.2, 0.25) is 0 Å². The largest absolute Gasteiger partial charge is 0.484 e. The first kappa shape index (κ1) is 13.4. The average Bonchev–Trinajstić information content (AvgIpc) is 2.85. The molecule has 6 nitrogen and oxygen atoms in total. The Balaban J connectivity index is 1.83. The summed E-state index contributed by atoms with van der Waals surface area (Å²) in [4.78, 5) is 4.21. The zero-order valence-electron chi connectivity index (χ0n) is 10.8. The fraction of sp³-hybridized carbons (Fsp3) is 0.385. The lowest BCUT2D eigenvalue weighted by atomic mass is 10.3. The van der Waals surface area contributed by atoms with Gasteiger partial charge in [0.05, 0.1) is 6.61 Å². The smallest absolute Gasteiger partial charge is 0.264 e. The second kappa shape index (κ2) is 6.75. The molecule has 0 spiro atoms. The summed E-state index contributed by atoms with van der Waals surface area (Å²) >= 11 is 0. The number of nitrogens with zero attached hydrogens (tertiary/aromatic N) is 2.